The summed E-state index contributed by atoms with van der Waals surface area (Å²) in [4.78, 5) is 25.8. The van der Waals surface area contributed by atoms with Crippen LogP contribution in [0.4, 0.5) is 5.69 Å². The SMILES string of the molecule is CCN1C(=O)c2cccc3c(S(=O)(=O)N[C@H](Cc4ccccc4)C(=O)[O-])ccc1c23. The van der Waals surface area contributed by atoms with Gasteiger partial charge in [0.2, 0.25) is 10.0 Å². The van der Waals surface area contributed by atoms with Crippen molar-refractivity contribution >= 4 is 38.4 Å². The number of benzene rings is 3. The fraction of sp³-hybridized carbons (Fsp3) is 0.182. The van der Waals surface area contributed by atoms with Gasteiger partial charge in [-0.25, -0.2) is 13.1 Å². The van der Waals surface area contributed by atoms with Gasteiger partial charge in [0.1, 0.15) is 0 Å². The number of carbonyl (C=O) groups is 2. The van der Waals surface area contributed by atoms with Crippen molar-refractivity contribution in [3.05, 3.63) is 71.8 Å². The lowest BCUT2D eigenvalue weighted by atomic mass is 10.1. The van der Waals surface area contributed by atoms with E-state index >= 15 is 0 Å². The second kappa shape index (κ2) is 7.55. The number of carboxylic acid groups (broad SMARTS) is 1. The molecular formula is C22H19N2O5S-. The number of carbonyl (C=O) groups excluding carboxylic acids is 2. The van der Waals surface area contributed by atoms with Crippen molar-refractivity contribution in [2.45, 2.75) is 24.3 Å². The molecule has 0 aliphatic carbocycles. The summed E-state index contributed by atoms with van der Waals surface area (Å²) in [6.07, 6.45) is -0.0498. The summed E-state index contributed by atoms with van der Waals surface area (Å²) in [5.41, 5.74) is 1.74. The van der Waals surface area contributed by atoms with Crippen LogP contribution in [0.1, 0.15) is 22.8 Å². The molecule has 1 heterocycles. The van der Waals surface area contributed by atoms with Gasteiger partial charge in [0.05, 0.1) is 22.6 Å². The number of rotatable bonds is 7. The van der Waals surface area contributed by atoms with Gasteiger partial charge in [0, 0.05) is 22.9 Å². The molecule has 8 heteroatoms. The molecule has 0 saturated heterocycles. The van der Waals surface area contributed by atoms with Crippen molar-refractivity contribution in [1.82, 2.24) is 4.72 Å². The lowest BCUT2D eigenvalue weighted by Crippen LogP contribution is -2.49. The molecule has 0 saturated carbocycles. The monoisotopic (exact) mass is 423 g/mol. The molecule has 3 aromatic carbocycles. The van der Waals surface area contributed by atoms with Crippen molar-refractivity contribution < 1.29 is 23.1 Å². The van der Waals surface area contributed by atoms with Crippen LogP contribution in [-0.4, -0.2) is 32.9 Å². The van der Waals surface area contributed by atoms with Gasteiger partial charge in [-0.15, -0.1) is 0 Å². The van der Waals surface area contributed by atoms with Crippen molar-refractivity contribution in [3.8, 4) is 0 Å². The highest BCUT2D eigenvalue weighted by atomic mass is 32.2. The van der Waals surface area contributed by atoms with Crippen LogP contribution in [0.2, 0.25) is 0 Å². The molecule has 1 N–H and O–H groups in total. The lowest BCUT2D eigenvalue weighted by Gasteiger charge is -2.21. The number of hydrogen-bond acceptors (Lipinski definition) is 5. The zero-order chi connectivity index (χ0) is 21.5. The summed E-state index contributed by atoms with van der Waals surface area (Å²) in [6.45, 7) is 2.30. The molecule has 1 atom stereocenters. The number of nitrogens with one attached hydrogen (secondary N) is 1. The number of aliphatic carboxylic acids is 1. The molecule has 154 valence electrons. The van der Waals surface area contributed by atoms with Crippen LogP contribution in [0.25, 0.3) is 10.8 Å². The molecule has 0 unspecified atom stereocenters. The maximum Gasteiger partial charge on any atom is 0.258 e. The predicted molar refractivity (Wildman–Crippen MR) is 111 cm³/mol. The van der Waals surface area contributed by atoms with E-state index in [1.807, 2.05) is 6.92 Å². The standard InChI is InChI=1S/C22H20N2O5S/c1-2-24-18-11-12-19(15-9-6-10-16(20(15)18)21(24)25)30(28,29)23-17(22(26)27)13-14-7-4-3-5-8-14/h3-12,17,23H,2,13H2,1H3,(H,26,27)/p-1/t17-/m1/s1. The second-order valence-corrected chi connectivity index (χ2v) is 8.73. The minimum Gasteiger partial charge on any atom is -0.548 e. The van der Waals surface area contributed by atoms with Gasteiger partial charge in [-0.2, -0.15) is 0 Å². The summed E-state index contributed by atoms with van der Waals surface area (Å²) in [7, 11) is -4.20. The number of anilines is 1. The molecule has 1 aliphatic rings. The third-order valence-electron chi connectivity index (χ3n) is 5.22. The first kappa shape index (κ1) is 20.1. The zero-order valence-corrected chi connectivity index (χ0v) is 17.0. The average Bonchev–Trinajstić information content (AvgIpc) is 3.01. The summed E-state index contributed by atoms with van der Waals surface area (Å²) < 4.78 is 28.5. The molecule has 0 radical (unpaired) electrons. The molecule has 4 rings (SSSR count). The van der Waals surface area contributed by atoms with Crippen LogP contribution in [0, 0.1) is 0 Å². The van der Waals surface area contributed by atoms with Gasteiger partial charge >= 0.3 is 0 Å². The van der Waals surface area contributed by atoms with E-state index in [4.69, 9.17) is 0 Å². The minimum atomic E-state index is -4.20. The first-order valence-electron chi connectivity index (χ1n) is 9.48. The topological polar surface area (TPSA) is 107 Å². The van der Waals surface area contributed by atoms with E-state index in [0.717, 1.165) is 0 Å². The Morgan fingerprint density at radius 3 is 2.47 bits per heavy atom. The quantitative estimate of drug-likeness (QED) is 0.619. The lowest BCUT2D eigenvalue weighted by molar-refractivity contribution is -0.307. The van der Waals surface area contributed by atoms with Gasteiger partial charge in [0.25, 0.3) is 5.91 Å². The van der Waals surface area contributed by atoms with Crippen molar-refractivity contribution in [1.29, 1.82) is 0 Å². The Morgan fingerprint density at radius 1 is 1.07 bits per heavy atom. The number of nitrogens with zero attached hydrogens (tertiary/aromatic N) is 1. The highest BCUT2D eigenvalue weighted by molar-refractivity contribution is 7.89. The minimum absolute atomic E-state index is 0.0498. The Hall–Kier alpha value is -3.23. The largest absolute Gasteiger partial charge is 0.548 e. The van der Waals surface area contributed by atoms with E-state index in [1.54, 1.807) is 59.5 Å². The van der Waals surface area contributed by atoms with Crippen LogP contribution in [0.5, 0.6) is 0 Å². The number of amides is 1. The van der Waals surface area contributed by atoms with E-state index in [9.17, 15) is 23.1 Å². The zero-order valence-electron chi connectivity index (χ0n) is 16.2. The molecule has 1 amide bonds. The predicted octanol–water partition coefficient (Wildman–Crippen LogP) is 1.46. The van der Waals surface area contributed by atoms with E-state index < -0.39 is 22.0 Å². The summed E-state index contributed by atoms with van der Waals surface area (Å²) in [5.74, 6) is -1.70. The normalized spacial score (nSPS) is 14.3. The highest BCUT2D eigenvalue weighted by Gasteiger charge is 2.32. The number of carboxylic acids is 1. The molecule has 0 aromatic heterocycles. The first-order chi connectivity index (χ1) is 14.3. The summed E-state index contributed by atoms with van der Waals surface area (Å²) >= 11 is 0. The van der Waals surface area contributed by atoms with Crippen LogP contribution < -0.4 is 14.7 Å². The average molecular weight is 423 g/mol. The summed E-state index contributed by atoms with van der Waals surface area (Å²) in [5, 5.41) is 12.6. The van der Waals surface area contributed by atoms with Crippen molar-refractivity contribution in [2.24, 2.45) is 0 Å². The first-order valence-corrected chi connectivity index (χ1v) is 11.0. The number of sulfonamides is 1. The maximum absolute atomic E-state index is 13.1. The van der Waals surface area contributed by atoms with E-state index in [0.29, 0.717) is 34.1 Å². The molecule has 0 spiro atoms. The summed E-state index contributed by atoms with van der Waals surface area (Å²) in [6, 6.07) is 15.2. The van der Waals surface area contributed by atoms with Crippen LogP contribution in [0.3, 0.4) is 0 Å². The van der Waals surface area contributed by atoms with Crippen LogP contribution in [-0.2, 0) is 21.2 Å². The second-order valence-electron chi connectivity index (χ2n) is 7.04. The molecular weight excluding hydrogens is 404 g/mol. The Balaban J connectivity index is 1.76. The Kier molecular flexibility index (Phi) is 5.05. The van der Waals surface area contributed by atoms with Gasteiger partial charge < -0.3 is 14.8 Å². The van der Waals surface area contributed by atoms with Gasteiger partial charge in [-0.05, 0) is 37.1 Å². The fourth-order valence-corrected chi connectivity index (χ4v) is 5.23. The smallest absolute Gasteiger partial charge is 0.258 e. The van der Waals surface area contributed by atoms with Gasteiger partial charge in [-0.3, -0.25) is 4.79 Å². The van der Waals surface area contributed by atoms with E-state index in [2.05, 4.69) is 4.72 Å². The molecule has 0 bridgehead atoms. The van der Waals surface area contributed by atoms with Gasteiger partial charge in [0.15, 0.2) is 0 Å². The third-order valence-corrected chi connectivity index (χ3v) is 6.75. The fourth-order valence-electron chi connectivity index (χ4n) is 3.84. The van der Waals surface area contributed by atoms with Crippen molar-refractivity contribution in [2.75, 3.05) is 11.4 Å². The van der Waals surface area contributed by atoms with Gasteiger partial charge in [-0.1, -0.05) is 42.5 Å². The van der Waals surface area contributed by atoms with Crippen LogP contribution in [0.15, 0.2) is 65.6 Å². The van der Waals surface area contributed by atoms with E-state index in [-0.39, 0.29) is 17.2 Å². The highest BCUT2D eigenvalue weighted by Crippen LogP contribution is 2.39. The van der Waals surface area contributed by atoms with E-state index in [1.165, 1.54) is 6.07 Å². The van der Waals surface area contributed by atoms with Crippen LogP contribution >= 0.6 is 0 Å². The molecule has 30 heavy (non-hydrogen) atoms. The Bertz CT molecular complexity index is 1260. The maximum atomic E-state index is 13.1. The number of hydrogen-bond donors (Lipinski definition) is 1. The molecule has 0 fully saturated rings. The molecule has 1 aliphatic heterocycles. The Labute approximate surface area is 174 Å². The van der Waals surface area contributed by atoms with Crippen molar-refractivity contribution in [3.63, 3.8) is 0 Å². The third kappa shape index (κ3) is 3.34. The Morgan fingerprint density at radius 2 is 1.80 bits per heavy atom. The molecule has 3 aromatic rings. The molecule has 7 nitrogen and oxygen atoms in total.